The summed E-state index contributed by atoms with van der Waals surface area (Å²) in [6, 6.07) is 13.8. The monoisotopic (exact) mass is 462 g/mol. The largest absolute Gasteiger partial charge is 0.507 e. The maximum Gasteiger partial charge on any atom is 0.295 e. The van der Waals surface area contributed by atoms with Crippen LogP contribution in [0.1, 0.15) is 22.7 Å². The summed E-state index contributed by atoms with van der Waals surface area (Å²) in [5, 5.41) is 11.2. The number of hydrogen-bond acceptors (Lipinski definition) is 6. The Bertz CT molecular complexity index is 1070. The molecule has 178 valence electrons. The Morgan fingerprint density at radius 3 is 2.41 bits per heavy atom. The molecule has 2 aliphatic heterocycles. The molecule has 7 nitrogen and oxygen atoms in total. The summed E-state index contributed by atoms with van der Waals surface area (Å²) in [6.07, 6.45) is 1.66. The molecule has 1 amide bonds. The Labute approximate surface area is 199 Å². The van der Waals surface area contributed by atoms with E-state index in [9.17, 15) is 14.7 Å². The lowest BCUT2D eigenvalue weighted by Gasteiger charge is -2.31. The summed E-state index contributed by atoms with van der Waals surface area (Å²) < 4.78 is 11.0. The van der Waals surface area contributed by atoms with Crippen LogP contribution in [-0.2, 0) is 14.3 Å². The van der Waals surface area contributed by atoms with Crippen LogP contribution in [0.15, 0.2) is 66.8 Å². The van der Waals surface area contributed by atoms with Gasteiger partial charge in [-0.25, -0.2) is 0 Å². The lowest BCUT2D eigenvalue weighted by atomic mass is 9.95. The number of hydrogen-bond donors (Lipinski definition) is 1. The van der Waals surface area contributed by atoms with Gasteiger partial charge < -0.3 is 19.5 Å². The van der Waals surface area contributed by atoms with E-state index in [1.807, 2.05) is 31.2 Å². The zero-order valence-electron chi connectivity index (χ0n) is 19.4. The van der Waals surface area contributed by atoms with Crippen molar-refractivity contribution >= 4 is 17.4 Å². The number of carbonyl (C=O) groups excluding carboxylic acids is 2. The molecule has 2 aromatic carbocycles. The predicted octanol–water partition coefficient (Wildman–Crippen LogP) is 3.31. The minimum atomic E-state index is -0.684. The summed E-state index contributed by atoms with van der Waals surface area (Å²) in [6.45, 7) is 9.85. The lowest BCUT2D eigenvalue weighted by molar-refractivity contribution is -0.140. The normalized spacial score (nSPS) is 20.5. The Morgan fingerprint density at radius 2 is 1.76 bits per heavy atom. The van der Waals surface area contributed by atoms with Gasteiger partial charge in [0.2, 0.25) is 0 Å². The zero-order valence-corrected chi connectivity index (χ0v) is 19.4. The maximum absolute atomic E-state index is 13.2. The van der Waals surface area contributed by atoms with Gasteiger partial charge in [-0.15, -0.1) is 0 Å². The van der Waals surface area contributed by atoms with Crippen molar-refractivity contribution in [2.24, 2.45) is 0 Å². The van der Waals surface area contributed by atoms with Gasteiger partial charge in [0, 0.05) is 31.7 Å². The quantitative estimate of drug-likeness (QED) is 0.281. The first-order valence-electron chi connectivity index (χ1n) is 11.5. The van der Waals surface area contributed by atoms with Crippen LogP contribution in [0.5, 0.6) is 5.75 Å². The van der Waals surface area contributed by atoms with E-state index in [4.69, 9.17) is 9.47 Å². The highest BCUT2D eigenvalue weighted by Gasteiger charge is 2.46. The second-order valence-electron chi connectivity index (χ2n) is 8.48. The molecule has 2 fully saturated rings. The van der Waals surface area contributed by atoms with Crippen LogP contribution in [0.25, 0.3) is 5.76 Å². The Balaban J connectivity index is 1.70. The number of ether oxygens (including phenoxy) is 2. The second kappa shape index (κ2) is 10.7. The van der Waals surface area contributed by atoms with Crippen LogP contribution >= 0.6 is 0 Å². The molecule has 0 aliphatic carbocycles. The van der Waals surface area contributed by atoms with Gasteiger partial charge in [-0.1, -0.05) is 54.6 Å². The van der Waals surface area contributed by atoms with Crippen molar-refractivity contribution in [2.75, 3.05) is 46.0 Å². The SMILES string of the molecule is C=CCOc1ccc(C2/C(=C(/O)c3ccc(C)cc3)C(=O)C(=O)N2CCN2CCOCC2)cc1. The molecule has 1 atom stereocenters. The first-order chi connectivity index (χ1) is 16.5. The predicted molar refractivity (Wildman–Crippen MR) is 130 cm³/mol. The molecule has 0 radical (unpaired) electrons. The minimum absolute atomic E-state index is 0.107. The third-order valence-electron chi connectivity index (χ3n) is 6.19. The molecule has 0 spiro atoms. The summed E-state index contributed by atoms with van der Waals surface area (Å²) in [7, 11) is 0. The topological polar surface area (TPSA) is 79.3 Å². The van der Waals surface area contributed by atoms with E-state index in [0.717, 1.165) is 24.2 Å². The molecule has 0 bridgehead atoms. The molecule has 34 heavy (non-hydrogen) atoms. The molecule has 2 saturated heterocycles. The fourth-order valence-electron chi connectivity index (χ4n) is 4.30. The molecule has 7 heteroatoms. The third kappa shape index (κ3) is 5.05. The van der Waals surface area contributed by atoms with Crippen molar-refractivity contribution in [3.8, 4) is 5.75 Å². The molecule has 2 aliphatic rings. The van der Waals surface area contributed by atoms with Crippen LogP contribution < -0.4 is 4.74 Å². The fraction of sp³-hybridized carbons (Fsp3) is 0.333. The van der Waals surface area contributed by atoms with E-state index >= 15 is 0 Å². The van der Waals surface area contributed by atoms with Gasteiger partial charge >= 0.3 is 0 Å². The summed E-state index contributed by atoms with van der Waals surface area (Å²) in [4.78, 5) is 30.1. The molecule has 1 unspecified atom stereocenters. The number of ketones is 1. The molecular formula is C27H30N2O5. The van der Waals surface area contributed by atoms with E-state index in [0.29, 0.717) is 44.2 Å². The number of Topliss-reactive ketones (excluding diaryl/α,β-unsaturated/α-hetero) is 1. The molecular weight excluding hydrogens is 432 g/mol. The first kappa shape index (κ1) is 23.7. The molecule has 2 aromatic rings. The van der Waals surface area contributed by atoms with Crippen molar-refractivity contribution in [1.29, 1.82) is 0 Å². The third-order valence-corrected chi connectivity index (χ3v) is 6.19. The average molecular weight is 463 g/mol. The van der Waals surface area contributed by atoms with E-state index in [2.05, 4.69) is 11.5 Å². The highest BCUT2D eigenvalue weighted by atomic mass is 16.5. The summed E-state index contributed by atoms with van der Waals surface area (Å²) in [5.41, 5.74) is 2.39. The number of amides is 1. The number of aryl methyl sites for hydroxylation is 1. The standard InChI is InChI=1S/C27H30N2O5/c1-3-16-34-22-10-8-20(9-11-22)24-23(25(30)21-6-4-19(2)5-7-21)26(31)27(32)29(24)13-12-28-14-17-33-18-15-28/h3-11,24,30H,1,12-18H2,2H3/b25-23-. The minimum Gasteiger partial charge on any atom is -0.507 e. The number of likely N-dealkylation sites (tertiary alicyclic amines) is 1. The molecule has 1 N–H and O–H groups in total. The Kier molecular flexibility index (Phi) is 7.45. The van der Waals surface area contributed by atoms with Gasteiger partial charge in [0.1, 0.15) is 18.1 Å². The van der Waals surface area contributed by atoms with Gasteiger partial charge in [-0.3, -0.25) is 14.5 Å². The Hall–Kier alpha value is -3.42. The highest BCUT2D eigenvalue weighted by molar-refractivity contribution is 6.46. The highest BCUT2D eigenvalue weighted by Crippen LogP contribution is 2.39. The molecule has 2 heterocycles. The molecule has 0 aromatic heterocycles. The van der Waals surface area contributed by atoms with Gasteiger partial charge in [0.05, 0.1) is 24.8 Å². The fourth-order valence-corrected chi connectivity index (χ4v) is 4.30. The van der Waals surface area contributed by atoms with Gasteiger partial charge in [-0.05, 0) is 24.6 Å². The van der Waals surface area contributed by atoms with E-state index in [-0.39, 0.29) is 11.3 Å². The van der Waals surface area contributed by atoms with Crippen molar-refractivity contribution in [3.05, 3.63) is 83.4 Å². The smallest absolute Gasteiger partial charge is 0.295 e. The van der Waals surface area contributed by atoms with Crippen molar-refractivity contribution in [3.63, 3.8) is 0 Å². The van der Waals surface area contributed by atoms with Crippen LogP contribution in [0, 0.1) is 6.92 Å². The van der Waals surface area contributed by atoms with E-state index in [1.54, 1.807) is 35.2 Å². The van der Waals surface area contributed by atoms with Crippen molar-refractivity contribution in [2.45, 2.75) is 13.0 Å². The zero-order chi connectivity index (χ0) is 24.1. The molecule has 4 rings (SSSR count). The van der Waals surface area contributed by atoms with Crippen molar-refractivity contribution < 1.29 is 24.2 Å². The van der Waals surface area contributed by atoms with Crippen LogP contribution in [0.3, 0.4) is 0 Å². The number of carbonyl (C=O) groups is 2. The van der Waals surface area contributed by atoms with E-state index in [1.165, 1.54) is 0 Å². The number of morpholine rings is 1. The van der Waals surface area contributed by atoms with Crippen LogP contribution in [0.4, 0.5) is 0 Å². The first-order valence-corrected chi connectivity index (χ1v) is 11.5. The van der Waals surface area contributed by atoms with Crippen molar-refractivity contribution in [1.82, 2.24) is 9.80 Å². The van der Waals surface area contributed by atoms with Gasteiger partial charge in [0.15, 0.2) is 0 Å². The lowest BCUT2D eigenvalue weighted by Crippen LogP contribution is -2.42. The number of benzene rings is 2. The van der Waals surface area contributed by atoms with Gasteiger partial charge in [-0.2, -0.15) is 0 Å². The number of nitrogens with zero attached hydrogens (tertiary/aromatic N) is 2. The maximum atomic E-state index is 13.2. The summed E-state index contributed by atoms with van der Waals surface area (Å²) in [5.74, 6) is -0.771. The number of aliphatic hydroxyl groups excluding tert-OH is 1. The number of aliphatic hydroxyl groups is 1. The van der Waals surface area contributed by atoms with Crippen LogP contribution in [-0.4, -0.2) is 72.6 Å². The molecule has 0 saturated carbocycles. The number of rotatable bonds is 8. The second-order valence-corrected chi connectivity index (χ2v) is 8.48. The summed E-state index contributed by atoms with van der Waals surface area (Å²) >= 11 is 0. The van der Waals surface area contributed by atoms with Gasteiger partial charge in [0.25, 0.3) is 11.7 Å². The average Bonchev–Trinajstić information content (AvgIpc) is 3.12. The Morgan fingerprint density at radius 1 is 1.09 bits per heavy atom. The van der Waals surface area contributed by atoms with Crippen LogP contribution in [0.2, 0.25) is 0 Å². The van der Waals surface area contributed by atoms with E-state index < -0.39 is 17.7 Å².